The third-order valence-electron chi connectivity index (χ3n) is 7.16. The Morgan fingerprint density at radius 3 is 2.36 bits per heavy atom. The van der Waals surface area contributed by atoms with Crippen molar-refractivity contribution >= 4 is 28.5 Å². The molecule has 0 radical (unpaired) electrons. The molecule has 0 aliphatic carbocycles. The van der Waals surface area contributed by atoms with E-state index in [9.17, 15) is 9.18 Å². The number of anilines is 2. The Kier molecular flexibility index (Phi) is 7.59. The molecule has 1 aromatic heterocycles. The van der Waals surface area contributed by atoms with Crippen molar-refractivity contribution in [3.8, 4) is 11.5 Å². The number of carbonyl (C=O) groups is 1. The number of carbonyl (C=O) groups excluding carboxylic acids is 1. The van der Waals surface area contributed by atoms with Crippen LogP contribution in [0.3, 0.4) is 0 Å². The van der Waals surface area contributed by atoms with E-state index in [1.54, 1.807) is 26.4 Å². The number of nitrogens with two attached hydrogens (primary N) is 1. The highest BCUT2D eigenvalue weighted by atomic mass is 19.1. The SMILES string of the molecule is CCC(=O)CN1CCC(CN(C)c2nc(N)c3cc(OC)c(OC)cc3n2)(c2ccc(F)cc2)CC1. The molecule has 8 nitrogen and oxygen atoms in total. The number of fused-ring (bicyclic) bond motifs is 1. The van der Waals surface area contributed by atoms with E-state index in [0.717, 1.165) is 31.5 Å². The summed E-state index contributed by atoms with van der Waals surface area (Å²) in [6.45, 7) is 4.56. The van der Waals surface area contributed by atoms with Crippen molar-refractivity contribution in [3.05, 3.63) is 47.8 Å². The van der Waals surface area contributed by atoms with Crippen LogP contribution in [0.2, 0.25) is 0 Å². The Morgan fingerprint density at radius 2 is 1.75 bits per heavy atom. The maximum absolute atomic E-state index is 13.8. The zero-order valence-electron chi connectivity index (χ0n) is 21.4. The number of hydrogen-bond donors (Lipinski definition) is 1. The first-order chi connectivity index (χ1) is 17.3. The number of aromatic nitrogens is 2. The van der Waals surface area contributed by atoms with Crippen LogP contribution >= 0.6 is 0 Å². The Hall–Kier alpha value is -3.46. The van der Waals surface area contributed by atoms with Gasteiger partial charge in [-0.15, -0.1) is 0 Å². The van der Waals surface area contributed by atoms with E-state index in [1.807, 2.05) is 31.0 Å². The smallest absolute Gasteiger partial charge is 0.227 e. The number of ketones is 1. The van der Waals surface area contributed by atoms with Gasteiger partial charge in [-0.3, -0.25) is 9.69 Å². The van der Waals surface area contributed by atoms with Crippen LogP contribution < -0.4 is 20.1 Å². The lowest BCUT2D eigenvalue weighted by Gasteiger charge is -2.44. The number of methoxy groups -OCH3 is 2. The van der Waals surface area contributed by atoms with Crippen molar-refractivity contribution in [1.29, 1.82) is 0 Å². The molecule has 0 bridgehead atoms. The third-order valence-corrected chi connectivity index (χ3v) is 7.16. The van der Waals surface area contributed by atoms with Gasteiger partial charge in [-0.25, -0.2) is 9.37 Å². The van der Waals surface area contributed by atoms with Gasteiger partial charge in [-0.05, 0) is 49.7 Å². The van der Waals surface area contributed by atoms with E-state index in [2.05, 4.69) is 9.88 Å². The molecule has 2 heterocycles. The number of nitrogen functional groups attached to an aromatic ring is 1. The monoisotopic (exact) mass is 495 g/mol. The standard InChI is InChI=1S/C27H34FN5O3/c1-5-20(34)16-33-12-10-27(11-13-33,18-6-8-19(28)9-7-18)17-32(2)26-30-22-15-24(36-4)23(35-3)14-21(22)25(29)31-26/h6-9,14-15H,5,10-13,16-17H2,1-4H3,(H2,29,30,31). The number of likely N-dealkylation sites (N-methyl/N-ethyl adjacent to an activating group) is 1. The Bertz CT molecular complexity index is 1230. The second-order valence-electron chi connectivity index (χ2n) is 9.44. The van der Waals surface area contributed by atoms with Crippen LogP contribution in [0.1, 0.15) is 31.7 Å². The van der Waals surface area contributed by atoms with Gasteiger partial charge in [0.25, 0.3) is 0 Å². The van der Waals surface area contributed by atoms with Crippen LogP contribution in [0.4, 0.5) is 16.2 Å². The van der Waals surface area contributed by atoms with Gasteiger partial charge in [0.2, 0.25) is 5.95 Å². The number of halogens is 1. The topological polar surface area (TPSA) is 93.8 Å². The quantitative estimate of drug-likeness (QED) is 0.479. The molecule has 1 fully saturated rings. The van der Waals surface area contributed by atoms with E-state index in [1.165, 1.54) is 12.1 Å². The van der Waals surface area contributed by atoms with Crippen LogP contribution in [0.15, 0.2) is 36.4 Å². The number of hydrogen-bond acceptors (Lipinski definition) is 8. The van der Waals surface area contributed by atoms with Gasteiger partial charge in [-0.2, -0.15) is 4.98 Å². The van der Waals surface area contributed by atoms with E-state index in [4.69, 9.17) is 20.2 Å². The summed E-state index contributed by atoms with van der Waals surface area (Å²) in [6.07, 6.45) is 2.20. The molecule has 0 spiro atoms. The number of Topliss-reactive ketones (excluding diaryl/α,β-unsaturated/α-hetero) is 1. The molecule has 36 heavy (non-hydrogen) atoms. The summed E-state index contributed by atoms with van der Waals surface area (Å²) in [5.74, 6) is 1.96. The van der Waals surface area contributed by atoms with Crippen LogP contribution in [-0.4, -0.2) is 68.1 Å². The van der Waals surface area contributed by atoms with E-state index >= 15 is 0 Å². The molecule has 0 atom stereocenters. The predicted octanol–water partition coefficient (Wildman–Crippen LogP) is 3.82. The van der Waals surface area contributed by atoms with Gasteiger partial charge in [-0.1, -0.05) is 19.1 Å². The van der Waals surface area contributed by atoms with Crippen LogP contribution in [0.5, 0.6) is 11.5 Å². The summed E-state index contributed by atoms with van der Waals surface area (Å²) < 4.78 is 24.6. The zero-order valence-corrected chi connectivity index (χ0v) is 21.4. The van der Waals surface area contributed by atoms with Crippen molar-refractivity contribution in [2.24, 2.45) is 0 Å². The highest BCUT2D eigenvalue weighted by Gasteiger charge is 2.38. The maximum Gasteiger partial charge on any atom is 0.227 e. The summed E-state index contributed by atoms with van der Waals surface area (Å²) in [7, 11) is 5.09. The van der Waals surface area contributed by atoms with Gasteiger partial charge in [0, 0.05) is 36.9 Å². The minimum absolute atomic E-state index is 0.244. The number of rotatable bonds is 9. The molecule has 2 N–H and O–H groups in total. The summed E-state index contributed by atoms with van der Waals surface area (Å²) >= 11 is 0. The second kappa shape index (κ2) is 10.7. The Labute approximate surface area is 211 Å². The first-order valence-electron chi connectivity index (χ1n) is 12.2. The van der Waals surface area contributed by atoms with E-state index in [-0.39, 0.29) is 17.0 Å². The number of likely N-dealkylation sites (tertiary alicyclic amines) is 1. The second-order valence-corrected chi connectivity index (χ2v) is 9.44. The Morgan fingerprint density at radius 1 is 1.11 bits per heavy atom. The number of nitrogens with zero attached hydrogens (tertiary/aromatic N) is 4. The third kappa shape index (κ3) is 5.21. The van der Waals surface area contributed by atoms with Crippen LogP contribution in [0, 0.1) is 5.82 Å². The summed E-state index contributed by atoms with van der Waals surface area (Å²) in [5, 5.41) is 0.687. The fourth-order valence-corrected chi connectivity index (χ4v) is 5.00. The van der Waals surface area contributed by atoms with Crippen LogP contribution in [-0.2, 0) is 10.2 Å². The van der Waals surface area contributed by atoms with Crippen molar-refractivity contribution in [2.45, 2.75) is 31.6 Å². The molecule has 9 heteroatoms. The molecule has 2 aromatic carbocycles. The van der Waals surface area contributed by atoms with Crippen molar-refractivity contribution in [3.63, 3.8) is 0 Å². The molecular formula is C27H34FN5O3. The lowest BCUT2D eigenvalue weighted by Crippen LogP contribution is -2.49. The summed E-state index contributed by atoms with van der Waals surface area (Å²) in [6, 6.07) is 10.3. The molecule has 1 saturated heterocycles. The molecular weight excluding hydrogens is 461 g/mol. The van der Waals surface area contributed by atoms with Gasteiger partial charge in [0.1, 0.15) is 17.4 Å². The maximum atomic E-state index is 13.8. The highest BCUT2D eigenvalue weighted by Crippen LogP contribution is 2.38. The molecule has 1 aliphatic rings. The fourth-order valence-electron chi connectivity index (χ4n) is 5.00. The molecule has 0 unspecified atom stereocenters. The van der Waals surface area contributed by atoms with Crippen molar-refractivity contribution in [2.75, 3.05) is 58.1 Å². The van der Waals surface area contributed by atoms with Gasteiger partial charge in [0.15, 0.2) is 11.5 Å². The first-order valence-corrected chi connectivity index (χ1v) is 12.2. The normalized spacial score (nSPS) is 15.6. The predicted molar refractivity (Wildman–Crippen MR) is 139 cm³/mol. The van der Waals surface area contributed by atoms with E-state index < -0.39 is 0 Å². The van der Waals surface area contributed by atoms with Gasteiger partial charge in [0.05, 0.1) is 26.3 Å². The minimum atomic E-state index is -0.261. The zero-order chi connectivity index (χ0) is 25.9. The summed E-state index contributed by atoms with van der Waals surface area (Å²) in [5.41, 5.74) is 7.80. The lowest BCUT2D eigenvalue weighted by molar-refractivity contribution is -0.120. The average molecular weight is 496 g/mol. The number of piperidine rings is 1. The highest BCUT2D eigenvalue weighted by molar-refractivity contribution is 5.91. The summed E-state index contributed by atoms with van der Waals surface area (Å²) in [4.78, 5) is 25.6. The van der Waals surface area contributed by atoms with Crippen molar-refractivity contribution in [1.82, 2.24) is 14.9 Å². The van der Waals surface area contributed by atoms with Gasteiger partial charge < -0.3 is 20.1 Å². The molecule has 0 saturated carbocycles. The number of ether oxygens (including phenoxy) is 2. The van der Waals surface area contributed by atoms with Gasteiger partial charge >= 0.3 is 0 Å². The molecule has 3 aromatic rings. The molecule has 1 aliphatic heterocycles. The van der Waals surface area contributed by atoms with Crippen LogP contribution in [0.25, 0.3) is 10.9 Å². The largest absolute Gasteiger partial charge is 0.493 e. The average Bonchev–Trinajstić information content (AvgIpc) is 2.89. The fraction of sp³-hybridized carbons (Fsp3) is 0.444. The lowest BCUT2D eigenvalue weighted by atomic mass is 9.72. The first kappa shape index (κ1) is 25.6. The minimum Gasteiger partial charge on any atom is -0.493 e. The van der Waals surface area contributed by atoms with Crippen molar-refractivity contribution < 1.29 is 18.7 Å². The Balaban J connectivity index is 1.65. The molecule has 0 amide bonds. The number of benzene rings is 2. The molecule has 4 rings (SSSR count). The van der Waals surface area contributed by atoms with E-state index in [0.29, 0.717) is 53.7 Å². The molecule has 192 valence electrons.